The third kappa shape index (κ3) is 3.89. The normalized spacial score (nSPS) is 10.9. The summed E-state index contributed by atoms with van der Waals surface area (Å²) in [6, 6.07) is 35.7. The van der Waals surface area contributed by atoms with E-state index in [1.807, 2.05) is 18.2 Å². The number of hydrogen-bond acceptors (Lipinski definition) is 1. The van der Waals surface area contributed by atoms with Crippen molar-refractivity contribution in [3.63, 3.8) is 0 Å². The van der Waals surface area contributed by atoms with Gasteiger partial charge in [0.25, 0.3) is 0 Å². The maximum Gasteiger partial charge on any atom is 0.118 e. The highest BCUT2D eigenvalue weighted by atomic mass is 16.5. The number of hydrogen-bond donors (Lipinski definition) is 0. The number of methoxy groups -OCH3 is 1. The quantitative estimate of drug-likeness (QED) is 0.341. The summed E-state index contributed by atoms with van der Waals surface area (Å²) in [7, 11) is 1.69. The van der Waals surface area contributed by atoms with Crippen molar-refractivity contribution in [3.05, 3.63) is 114 Å². The van der Waals surface area contributed by atoms with E-state index in [-0.39, 0.29) is 0 Å². The van der Waals surface area contributed by atoms with E-state index in [1.54, 1.807) is 7.11 Å². The van der Waals surface area contributed by atoms with Gasteiger partial charge in [0.05, 0.1) is 7.11 Å². The average molecular weight is 362 g/mol. The Kier molecular flexibility index (Phi) is 5.35. The highest BCUT2D eigenvalue weighted by Gasteiger charge is 2.11. The van der Waals surface area contributed by atoms with Crippen LogP contribution in [0.2, 0.25) is 0 Å². The molecular formula is C27H22O. The maximum atomic E-state index is 5.32. The standard InChI is InChI=1S/C27H22O/c1-28-25-19-17-22(18-20-25)26-14-8-13-24(16-15-21-9-4-2-5-10-21)27(26)23-11-6-3-7-12-23/h2-20H,1H3. The summed E-state index contributed by atoms with van der Waals surface area (Å²) in [5.74, 6) is 0.866. The van der Waals surface area contributed by atoms with Crippen molar-refractivity contribution in [2.45, 2.75) is 0 Å². The third-order valence-electron chi connectivity index (χ3n) is 4.82. The molecule has 1 heteroatoms. The zero-order valence-electron chi connectivity index (χ0n) is 15.9. The monoisotopic (exact) mass is 362 g/mol. The number of ether oxygens (including phenoxy) is 1. The van der Waals surface area contributed by atoms with Crippen molar-refractivity contribution >= 4 is 12.2 Å². The van der Waals surface area contributed by atoms with Crippen LogP contribution >= 0.6 is 0 Å². The minimum atomic E-state index is 0.866. The summed E-state index contributed by atoms with van der Waals surface area (Å²) in [4.78, 5) is 0. The molecule has 0 amide bonds. The van der Waals surface area contributed by atoms with Crippen LogP contribution in [0.3, 0.4) is 0 Å². The van der Waals surface area contributed by atoms with Gasteiger partial charge in [-0.2, -0.15) is 0 Å². The van der Waals surface area contributed by atoms with Crippen LogP contribution in [0, 0.1) is 0 Å². The van der Waals surface area contributed by atoms with Gasteiger partial charge >= 0.3 is 0 Å². The van der Waals surface area contributed by atoms with Crippen molar-refractivity contribution in [1.82, 2.24) is 0 Å². The van der Waals surface area contributed by atoms with E-state index in [0.717, 1.165) is 5.75 Å². The lowest BCUT2D eigenvalue weighted by atomic mass is 9.90. The van der Waals surface area contributed by atoms with Gasteiger partial charge in [-0.3, -0.25) is 0 Å². The molecule has 0 N–H and O–H groups in total. The van der Waals surface area contributed by atoms with E-state index in [4.69, 9.17) is 4.74 Å². The summed E-state index contributed by atoms with van der Waals surface area (Å²) in [5.41, 5.74) is 7.22. The fraction of sp³-hybridized carbons (Fsp3) is 0.0370. The Labute approximate surface area is 166 Å². The van der Waals surface area contributed by atoms with Gasteiger partial charge in [0.1, 0.15) is 5.75 Å². The zero-order valence-corrected chi connectivity index (χ0v) is 15.9. The predicted octanol–water partition coefficient (Wildman–Crippen LogP) is 7.20. The van der Waals surface area contributed by atoms with Crippen LogP contribution < -0.4 is 4.74 Å². The third-order valence-corrected chi connectivity index (χ3v) is 4.82. The highest BCUT2D eigenvalue weighted by Crippen LogP contribution is 2.36. The van der Waals surface area contributed by atoms with Crippen LogP contribution in [0.5, 0.6) is 5.75 Å². The van der Waals surface area contributed by atoms with Gasteiger partial charge in [0.2, 0.25) is 0 Å². The van der Waals surface area contributed by atoms with Crippen molar-refractivity contribution in [1.29, 1.82) is 0 Å². The van der Waals surface area contributed by atoms with Gasteiger partial charge in [-0.25, -0.2) is 0 Å². The Balaban J connectivity index is 1.85. The molecule has 4 rings (SSSR count). The Morgan fingerprint density at radius 3 is 1.93 bits per heavy atom. The second-order valence-corrected chi connectivity index (χ2v) is 6.61. The first-order chi connectivity index (χ1) is 13.8. The molecule has 0 aromatic heterocycles. The Morgan fingerprint density at radius 2 is 1.25 bits per heavy atom. The maximum absolute atomic E-state index is 5.32. The summed E-state index contributed by atoms with van der Waals surface area (Å²) in [5, 5.41) is 0. The van der Waals surface area contributed by atoms with Crippen LogP contribution in [-0.2, 0) is 0 Å². The minimum Gasteiger partial charge on any atom is -0.497 e. The molecule has 0 saturated carbocycles. The predicted molar refractivity (Wildman–Crippen MR) is 119 cm³/mol. The fourth-order valence-corrected chi connectivity index (χ4v) is 3.40. The molecule has 28 heavy (non-hydrogen) atoms. The van der Waals surface area contributed by atoms with E-state index in [2.05, 4.69) is 97.1 Å². The highest BCUT2D eigenvalue weighted by molar-refractivity contribution is 5.91. The molecule has 136 valence electrons. The van der Waals surface area contributed by atoms with Crippen LogP contribution in [0.1, 0.15) is 11.1 Å². The Morgan fingerprint density at radius 1 is 0.571 bits per heavy atom. The Hall–Kier alpha value is -3.58. The first kappa shape index (κ1) is 17.8. The number of benzene rings is 4. The van der Waals surface area contributed by atoms with Crippen molar-refractivity contribution < 1.29 is 4.74 Å². The molecule has 0 unspecified atom stereocenters. The van der Waals surface area contributed by atoms with Gasteiger partial charge in [0.15, 0.2) is 0 Å². The van der Waals surface area contributed by atoms with Crippen LogP contribution in [0.25, 0.3) is 34.4 Å². The largest absolute Gasteiger partial charge is 0.497 e. The van der Waals surface area contributed by atoms with Gasteiger partial charge < -0.3 is 4.74 Å². The summed E-state index contributed by atoms with van der Waals surface area (Å²) >= 11 is 0. The van der Waals surface area contributed by atoms with Crippen molar-refractivity contribution in [2.24, 2.45) is 0 Å². The van der Waals surface area contributed by atoms with Crippen LogP contribution in [0.15, 0.2) is 103 Å². The molecule has 0 heterocycles. The van der Waals surface area contributed by atoms with Crippen molar-refractivity contribution in [3.8, 4) is 28.0 Å². The average Bonchev–Trinajstić information content (AvgIpc) is 2.79. The van der Waals surface area contributed by atoms with Gasteiger partial charge in [-0.15, -0.1) is 0 Å². The van der Waals surface area contributed by atoms with Gasteiger partial charge in [-0.05, 0) is 45.5 Å². The molecule has 4 aromatic rings. The molecule has 0 aliphatic heterocycles. The van der Waals surface area contributed by atoms with E-state index < -0.39 is 0 Å². The molecule has 0 aliphatic carbocycles. The zero-order chi connectivity index (χ0) is 19.2. The molecule has 0 saturated heterocycles. The first-order valence-corrected chi connectivity index (χ1v) is 9.41. The van der Waals surface area contributed by atoms with Crippen LogP contribution in [-0.4, -0.2) is 7.11 Å². The minimum absolute atomic E-state index is 0.866. The Bertz CT molecular complexity index is 1060. The van der Waals surface area contributed by atoms with Crippen molar-refractivity contribution in [2.75, 3.05) is 7.11 Å². The van der Waals surface area contributed by atoms with E-state index in [1.165, 1.54) is 33.4 Å². The second kappa shape index (κ2) is 8.41. The summed E-state index contributed by atoms with van der Waals surface area (Å²) in [6.45, 7) is 0. The first-order valence-electron chi connectivity index (χ1n) is 9.41. The van der Waals surface area contributed by atoms with Crippen LogP contribution in [0.4, 0.5) is 0 Å². The molecule has 4 aromatic carbocycles. The molecule has 1 nitrogen and oxygen atoms in total. The smallest absolute Gasteiger partial charge is 0.118 e. The molecule has 0 atom stereocenters. The lowest BCUT2D eigenvalue weighted by Crippen LogP contribution is -1.90. The molecule has 0 fully saturated rings. The SMILES string of the molecule is COc1ccc(-c2cccc(C=Cc3ccccc3)c2-c2ccccc2)cc1. The second-order valence-electron chi connectivity index (χ2n) is 6.61. The molecule has 0 bridgehead atoms. The molecule has 0 spiro atoms. The summed E-state index contributed by atoms with van der Waals surface area (Å²) in [6.07, 6.45) is 4.37. The lowest BCUT2D eigenvalue weighted by molar-refractivity contribution is 0.415. The van der Waals surface area contributed by atoms with E-state index in [0.29, 0.717) is 0 Å². The van der Waals surface area contributed by atoms with E-state index >= 15 is 0 Å². The van der Waals surface area contributed by atoms with E-state index in [9.17, 15) is 0 Å². The number of rotatable bonds is 5. The van der Waals surface area contributed by atoms with Gasteiger partial charge in [0, 0.05) is 0 Å². The molecule has 0 radical (unpaired) electrons. The molecular weight excluding hydrogens is 340 g/mol. The topological polar surface area (TPSA) is 9.23 Å². The summed E-state index contributed by atoms with van der Waals surface area (Å²) < 4.78 is 5.32. The fourth-order valence-electron chi connectivity index (χ4n) is 3.40. The molecule has 0 aliphatic rings. The van der Waals surface area contributed by atoms with Gasteiger partial charge in [-0.1, -0.05) is 103 Å². The lowest BCUT2D eigenvalue weighted by Gasteiger charge is -2.14.